The molecule has 0 radical (unpaired) electrons. The Morgan fingerprint density at radius 2 is 1.67 bits per heavy atom. The minimum atomic E-state index is -5.08. The quantitative estimate of drug-likeness (QED) is 0.526. The number of pyridine rings is 1. The fourth-order valence-corrected chi connectivity index (χ4v) is 4.47. The number of hydrogen-bond acceptors (Lipinski definition) is 6. The van der Waals surface area contributed by atoms with Crippen molar-refractivity contribution >= 4 is 17.8 Å². The van der Waals surface area contributed by atoms with Gasteiger partial charge >= 0.3 is 24.3 Å². The Morgan fingerprint density at radius 3 is 2.13 bits per heavy atom. The molecule has 0 aromatic carbocycles. The van der Waals surface area contributed by atoms with E-state index in [4.69, 9.17) is 24.5 Å². The van der Waals surface area contributed by atoms with Crippen LogP contribution in [0.1, 0.15) is 43.5 Å². The van der Waals surface area contributed by atoms with Crippen molar-refractivity contribution < 1.29 is 55.7 Å². The lowest BCUT2D eigenvalue weighted by atomic mass is 9.82. The molecule has 1 amide bonds. The zero-order valence-electron chi connectivity index (χ0n) is 21.2. The van der Waals surface area contributed by atoms with E-state index in [1.165, 1.54) is 6.42 Å². The van der Waals surface area contributed by atoms with Gasteiger partial charge in [-0.05, 0) is 44.7 Å². The maximum atomic E-state index is 12.0. The first-order chi connectivity index (χ1) is 18.0. The third-order valence-corrected chi connectivity index (χ3v) is 6.37. The van der Waals surface area contributed by atoms with Gasteiger partial charge in [0, 0.05) is 50.8 Å². The predicted molar refractivity (Wildman–Crippen MR) is 123 cm³/mol. The molecule has 39 heavy (non-hydrogen) atoms. The number of piperidine rings is 1. The molecule has 220 valence electrons. The highest BCUT2D eigenvalue weighted by Crippen LogP contribution is 2.37. The molecule has 3 saturated heterocycles. The predicted octanol–water partition coefficient (Wildman–Crippen LogP) is 3.65. The lowest BCUT2D eigenvalue weighted by Gasteiger charge is -2.53. The van der Waals surface area contributed by atoms with Gasteiger partial charge in [0.15, 0.2) is 0 Å². The Balaban J connectivity index is 0.000000317. The lowest BCUT2D eigenvalue weighted by Crippen LogP contribution is -2.64. The largest absolute Gasteiger partial charge is 0.490 e. The van der Waals surface area contributed by atoms with Gasteiger partial charge in [0.25, 0.3) is 0 Å². The smallest absolute Gasteiger partial charge is 0.475 e. The summed E-state index contributed by atoms with van der Waals surface area (Å²) in [5, 5.41) is 14.2. The van der Waals surface area contributed by atoms with Crippen LogP contribution < -0.4 is 0 Å². The first-order valence-corrected chi connectivity index (χ1v) is 12.2. The van der Waals surface area contributed by atoms with E-state index in [-0.39, 0.29) is 5.60 Å². The van der Waals surface area contributed by atoms with Gasteiger partial charge in [-0.1, -0.05) is 6.07 Å². The van der Waals surface area contributed by atoms with E-state index in [1.807, 2.05) is 13.0 Å². The van der Waals surface area contributed by atoms with Crippen molar-refractivity contribution in [1.82, 2.24) is 14.8 Å². The number of aromatic nitrogens is 1. The molecule has 1 spiro atoms. The van der Waals surface area contributed by atoms with Gasteiger partial charge < -0.3 is 19.8 Å². The summed E-state index contributed by atoms with van der Waals surface area (Å²) in [6, 6.07) is 6.22. The van der Waals surface area contributed by atoms with E-state index in [9.17, 15) is 31.1 Å². The van der Waals surface area contributed by atoms with Gasteiger partial charge in [0.2, 0.25) is 5.91 Å². The maximum absolute atomic E-state index is 12.0. The number of alkyl halides is 6. The summed E-state index contributed by atoms with van der Waals surface area (Å²) < 4.78 is 69.8. The number of rotatable bonds is 4. The second kappa shape index (κ2) is 13.4. The molecule has 1 aromatic heterocycles. The molecule has 3 aliphatic heterocycles. The number of aliphatic carboxylic acids is 2. The number of carbonyl (C=O) groups excluding carboxylic acids is 1. The molecule has 2 N–H and O–H groups in total. The van der Waals surface area contributed by atoms with Crippen LogP contribution in [0.4, 0.5) is 26.3 Å². The second-order valence-corrected chi connectivity index (χ2v) is 9.72. The standard InChI is InChI=1S/C20H29N3O2.2C2HF3O2/c1-16-5-4-6-18(21-16)12-22-14-20(15-22)9-8-17(13-25-20)11-23-10-3-2-7-19(23)24;2*3-2(4,5)1(6)7/h4-6,17H,2-3,7-15H2,1H3;2*(H,6,7). The average molecular weight is 572 g/mol. The van der Waals surface area contributed by atoms with Crippen molar-refractivity contribution in [1.29, 1.82) is 0 Å². The molecule has 4 rings (SSSR count). The first-order valence-electron chi connectivity index (χ1n) is 12.2. The number of likely N-dealkylation sites (tertiary alicyclic amines) is 2. The summed E-state index contributed by atoms with van der Waals surface area (Å²) in [6.07, 6.45) is -4.91. The number of nitrogens with zero attached hydrogens (tertiary/aromatic N) is 3. The highest BCUT2D eigenvalue weighted by molar-refractivity contribution is 5.76. The zero-order valence-corrected chi connectivity index (χ0v) is 21.2. The number of carboxylic acid groups (broad SMARTS) is 2. The molecule has 3 aliphatic rings. The van der Waals surface area contributed by atoms with Gasteiger partial charge in [-0.3, -0.25) is 14.7 Å². The van der Waals surface area contributed by atoms with Crippen LogP contribution in [0, 0.1) is 12.8 Å². The molecule has 15 heteroatoms. The SMILES string of the molecule is Cc1cccc(CN2CC3(CCC(CN4CCCCC4=O)CO3)C2)n1.O=C(O)C(F)(F)F.O=C(O)C(F)(F)F. The summed E-state index contributed by atoms with van der Waals surface area (Å²) in [6.45, 7) is 7.62. The Bertz CT molecular complexity index is 963. The number of ether oxygens (including phenoxy) is 1. The Labute approximate surface area is 220 Å². The topological polar surface area (TPSA) is 120 Å². The number of aryl methyl sites for hydroxylation is 1. The number of amides is 1. The summed E-state index contributed by atoms with van der Waals surface area (Å²) >= 11 is 0. The molecule has 3 fully saturated rings. The van der Waals surface area contributed by atoms with E-state index in [0.717, 1.165) is 76.4 Å². The van der Waals surface area contributed by atoms with Gasteiger partial charge in [-0.15, -0.1) is 0 Å². The molecule has 1 atom stereocenters. The minimum absolute atomic E-state index is 0.0617. The molecule has 1 unspecified atom stereocenters. The molecule has 4 heterocycles. The second-order valence-electron chi connectivity index (χ2n) is 9.72. The normalized spacial score (nSPS) is 21.2. The maximum Gasteiger partial charge on any atom is 0.490 e. The first kappa shape index (κ1) is 32.3. The number of hydrogen-bond donors (Lipinski definition) is 2. The van der Waals surface area contributed by atoms with Gasteiger partial charge in [-0.2, -0.15) is 26.3 Å². The summed E-state index contributed by atoms with van der Waals surface area (Å²) in [5.41, 5.74) is 2.29. The van der Waals surface area contributed by atoms with E-state index >= 15 is 0 Å². The van der Waals surface area contributed by atoms with Crippen LogP contribution in [-0.4, -0.2) is 93.6 Å². The monoisotopic (exact) mass is 571 g/mol. The van der Waals surface area contributed by atoms with Crippen molar-refractivity contribution in [3.63, 3.8) is 0 Å². The number of carboxylic acids is 2. The van der Waals surface area contributed by atoms with Gasteiger partial charge in [0.05, 0.1) is 17.9 Å². The van der Waals surface area contributed by atoms with Crippen LogP contribution in [0.5, 0.6) is 0 Å². The van der Waals surface area contributed by atoms with E-state index in [2.05, 4.69) is 26.9 Å². The molecule has 0 saturated carbocycles. The Kier molecular flexibility index (Phi) is 11.1. The summed E-state index contributed by atoms with van der Waals surface area (Å²) in [4.78, 5) is 38.8. The zero-order chi connectivity index (χ0) is 29.4. The number of halogens is 6. The van der Waals surface area contributed by atoms with E-state index in [0.29, 0.717) is 11.8 Å². The van der Waals surface area contributed by atoms with E-state index < -0.39 is 24.3 Å². The Hall–Kier alpha value is -2.94. The lowest BCUT2D eigenvalue weighted by molar-refractivity contribution is -0.193. The fourth-order valence-electron chi connectivity index (χ4n) is 4.47. The highest BCUT2D eigenvalue weighted by Gasteiger charge is 2.46. The van der Waals surface area contributed by atoms with Crippen molar-refractivity contribution in [2.45, 2.75) is 63.5 Å². The third kappa shape index (κ3) is 10.6. The fraction of sp³-hybridized carbons (Fsp3) is 0.667. The van der Waals surface area contributed by atoms with Crippen LogP contribution in [0.2, 0.25) is 0 Å². The molecular weight excluding hydrogens is 540 g/mol. The Morgan fingerprint density at radius 1 is 1.08 bits per heavy atom. The van der Waals surface area contributed by atoms with Crippen molar-refractivity contribution in [3.8, 4) is 0 Å². The number of carbonyl (C=O) groups is 3. The van der Waals surface area contributed by atoms with Gasteiger partial charge in [-0.25, -0.2) is 9.59 Å². The molecule has 0 bridgehead atoms. The average Bonchev–Trinajstić information content (AvgIpc) is 2.80. The van der Waals surface area contributed by atoms with Crippen LogP contribution in [-0.2, 0) is 25.7 Å². The van der Waals surface area contributed by atoms with Crippen LogP contribution in [0.15, 0.2) is 18.2 Å². The van der Waals surface area contributed by atoms with Crippen molar-refractivity contribution in [3.05, 3.63) is 29.6 Å². The van der Waals surface area contributed by atoms with Crippen LogP contribution >= 0.6 is 0 Å². The molecule has 9 nitrogen and oxygen atoms in total. The van der Waals surface area contributed by atoms with Crippen LogP contribution in [0.25, 0.3) is 0 Å². The van der Waals surface area contributed by atoms with Gasteiger partial charge in [0.1, 0.15) is 0 Å². The summed E-state index contributed by atoms with van der Waals surface area (Å²) in [5.74, 6) is -4.66. The minimum Gasteiger partial charge on any atom is -0.475 e. The molecular formula is C24H31F6N3O6. The summed E-state index contributed by atoms with van der Waals surface area (Å²) in [7, 11) is 0. The molecule has 0 aliphatic carbocycles. The van der Waals surface area contributed by atoms with E-state index in [1.54, 1.807) is 0 Å². The molecule has 1 aromatic rings. The van der Waals surface area contributed by atoms with Crippen LogP contribution in [0.3, 0.4) is 0 Å². The van der Waals surface area contributed by atoms with Crippen molar-refractivity contribution in [2.24, 2.45) is 5.92 Å². The van der Waals surface area contributed by atoms with Crippen molar-refractivity contribution in [2.75, 3.05) is 32.8 Å². The highest BCUT2D eigenvalue weighted by atomic mass is 19.4. The third-order valence-electron chi connectivity index (χ3n) is 6.37.